The van der Waals surface area contributed by atoms with Crippen molar-refractivity contribution in [2.75, 3.05) is 14.1 Å². The summed E-state index contributed by atoms with van der Waals surface area (Å²) in [5.41, 5.74) is 2.55. The fraction of sp³-hybridized carbons (Fsp3) is 0.333. The molecule has 4 atom stereocenters. The van der Waals surface area contributed by atoms with Gasteiger partial charge in [-0.25, -0.2) is 0 Å². The molecule has 2 aliphatic carbocycles. The van der Waals surface area contributed by atoms with Crippen molar-refractivity contribution in [2.24, 2.45) is 17.6 Å². The minimum Gasteiger partial charge on any atom is -0.507 e. The maximum atomic E-state index is 13.4. The van der Waals surface area contributed by atoms with E-state index in [4.69, 9.17) is 5.73 Å². The molecule has 4 rings (SSSR count). The number of rotatable bonds is 2. The van der Waals surface area contributed by atoms with Crippen LogP contribution < -0.4 is 5.73 Å². The van der Waals surface area contributed by atoms with Crippen LogP contribution in [0.2, 0.25) is 0 Å². The van der Waals surface area contributed by atoms with Gasteiger partial charge >= 0.3 is 0 Å². The number of hydrogen-bond donors (Lipinski definition) is 4. The molecule has 9 nitrogen and oxygen atoms in total. The van der Waals surface area contributed by atoms with E-state index in [-0.39, 0.29) is 23.1 Å². The largest absolute Gasteiger partial charge is 0.507 e. The summed E-state index contributed by atoms with van der Waals surface area (Å²) in [6, 6.07) is 4.98. The molecule has 2 aromatic carbocycles. The van der Waals surface area contributed by atoms with E-state index in [1.165, 1.54) is 25.1 Å². The molecule has 5 N–H and O–H groups in total. The van der Waals surface area contributed by atoms with Gasteiger partial charge in [0, 0.05) is 5.92 Å². The number of amides is 1. The van der Waals surface area contributed by atoms with Gasteiger partial charge in [0.05, 0.1) is 17.0 Å². The summed E-state index contributed by atoms with van der Waals surface area (Å²) in [4.78, 5) is 52.6. The minimum atomic E-state index is -2.72. The van der Waals surface area contributed by atoms with Crippen LogP contribution in [0.4, 0.5) is 0 Å². The fourth-order valence-electron chi connectivity index (χ4n) is 4.87. The average Bonchev–Trinajstić information content (AvgIpc) is 2.64. The number of phenolic OH excluding ortho intramolecular Hbond substituents is 2. The molecule has 30 heavy (non-hydrogen) atoms. The zero-order valence-electron chi connectivity index (χ0n) is 16.2. The highest BCUT2D eigenvalue weighted by Crippen LogP contribution is 2.48. The molecular formula is C21H20N2O7. The van der Waals surface area contributed by atoms with E-state index in [2.05, 4.69) is 0 Å². The van der Waals surface area contributed by atoms with E-state index in [1.807, 2.05) is 0 Å². The van der Waals surface area contributed by atoms with Crippen molar-refractivity contribution in [1.29, 1.82) is 0 Å². The number of primary amides is 1. The van der Waals surface area contributed by atoms with Gasteiger partial charge in [-0.2, -0.15) is 0 Å². The van der Waals surface area contributed by atoms with Gasteiger partial charge < -0.3 is 21.1 Å². The summed E-state index contributed by atoms with van der Waals surface area (Å²) in [6.45, 7) is 0. The van der Waals surface area contributed by atoms with Crippen molar-refractivity contribution >= 4 is 34.0 Å². The molecule has 9 heteroatoms. The molecule has 1 fully saturated rings. The lowest BCUT2D eigenvalue weighted by molar-refractivity contribution is -0.162. The van der Waals surface area contributed by atoms with Crippen molar-refractivity contribution in [3.8, 4) is 11.5 Å². The topological polar surface area (TPSA) is 158 Å². The fourth-order valence-corrected chi connectivity index (χ4v) is 4.87. The number of aliphatic hydroxyl groups is 1. The smallest absolute Gasteiger partial charge is 0.235 e. The minimum absolute atomic E-state index is 0.00148. The second-order valence-corrected chi connectivity index (χ2v) is 8.05. The Hall–Kier alpha value is -3.30. The summed E-state index contributed by atoms with van der Waals surface area (Å²) in [5.74, 6) is -8.41. The highest BCUT2D eigenvalue weighted by Gasteiger charge is 2.66. The molecule has 4 unspecified atom stereocenters. The Bertz CT molecular complexity index is 1160. The Morgan fingerprint density at radius 3 is 2.47 bits per heavy atom. The van der Waals surface area contributed by atoms with Crippen LogP contribution in [0.15, 0.2) is 24.3 Å². The maximum absolute atomic E-state index is 13.4. The summed E-state index contributed by atoms with van der Waals surface area (Å²) < 4.78 is 0. The second-order valence-electron chi connectivity index (χ2n) is 8.05. The van der Waals surface area contributed by atoms with Crippen LogP contribution in [0.3, 0.4) is 0 Å². The summed E-state index contributed by atoms with van der Waals surface area (Å²) >= 11 is 0. The number of aromatic hydroxyl groups is 2. The molecule has 156 valence electrons. The van der Waals surface area contributed by atoms with E-state index < -0.39 is 52.5 Å². The summed E-state index contributed by atoms with van der Waals surface area (Å²) in [6.07, 6.45) is -0.0808. The molecule has 1 saturated carbocycles. The predicted molar refractivity (Wildman–Crippen MR) is 104 cm³/mol. The van der Waals surface area contributed by atoms with Crippen molar-refractivity contribution in [1.82, 2.24) is 4.90 Å². The Morgan fingerprint density at radius 1 is 1.20 bits per heavy atom. The highest BCUT2D eigenvalue weighted by molar-refractivity contribution is 6.33. The monoisotopic (exact) mass is 412 g/mol. The number of Topliss-reactive ketones (excluding diaryl/α,β-unsaturated/α-hetero) is 3. The lowest BCUT2D eigenvalue weighted by Crippen LogP contribution is -2.71. The Morgan fingerprint density at radius 2 is 1.87 bits per heavy atom. The number of likely N-dealkylation sites (N-methyl/N-ethyl adjacent to an activating group) is 1. The lowest BCUT2D eigenvalue weighted by Gasteiger charge is -2.48. The zero-order valence-corrected chi connectivity index (χ0v) is 16.2. The third-order valence-corrected chi connectivity index (χ3v) is 6.18. The first-order valence-corrected chi connectivity index (χ1v) is 9.29. The van der Waals surface area contributed by atoms with Crippen molar-refractivity contribution in [3.05, 3.63) is 35.4 Å². The van der Waals surface area contributed by atoms with Gasteiger partial charge in [-0.3, -0.25) is 24.1 Å². The molecule has 0 bridgehead atoms. The second kappa shape index (κ2) is 6.35. The first-order valence-electron chi connectivity index (χ1n) is 9.29. The number of benzene rings is 2. The first-order chi connectivity index (χ1) is 14.0. The van der Waals surface area contributed by atoms with Gasteiger partial charge in [-0.15, -0.1) is 0 Å². The summed E-state index contributed by atoms with van der Waals surface area (Å²) in [7, 11) is 3.07. The van der Waals surface area contributed by atoms with Gasteiger partial charge in [0.2, 0.25) is 11.7 Å². The molecule has 2 aliphatic rings. The number of nitrogens with two attached hydrogens (primary N) is 1. The van der Waals surface area contributed by atoms with Crippen molar-refractivity contribution in [3.63, 3.8) is 0 Å². The van der Waals surface area contributed by atoms with E-state index in [9.17, 15) is 34.5 Å². The lowest BCUT2D eigenvalue weighted by atomic mass is 9.58. The predicted octanol–water partition coefficient (Wildman–Crippen LogP) is -0.479. The first kappa shape index (κ1) is 20.0. The average molecular weight is 412 g/mol. The Kier molecular flexibility index (Phi) is 4.23. The number of carbonyl (C=O) groups is 4. The van der Waals surface area contributed by atoms with Crippen LogP contribution in [0.5, 0.6) is 11.5 Å². The third kappa shape index (κ3) is 2.36. The molecule has 0 aromatic heterocycles. The van der Waals surface area contributed by atoms with Crippen molar-refractivity contribution < 1.29 is 34.5 Å². The number of nitrogens with zero attached hydrogens (tertiary/aromatic N) is 1. The Balaban J connectivity index is 2.02. The van der Waals surface area contributed by atoms with Crippen molar-refractivity contribution in [2.45, 2.75) is 18.1 Å². The van der Waals surface area contributed by atoms with Gasteiger partial charge in [0.1, 0.15) is 11.5 Å². The van der Waals surface area contributed by atoms with Gasteiger partial charge in [0.15, 0.2) is 23.1 Å². The number of hydrogen-bond acceptors (Lipinski definition) is 8. The standard InChI is InChI=1S/C21H20N2O7/c1-23(2)15-10-7-9-6-8-4-3-5-11(24)12(8)16(25)13(9)18(27)21(10,30)19(28)14(17(15)26)20(22)29/h3-6,10,14-15,24-25,30H,7H2,1-2H3,(H2,22,29). The molecule has 0 heterocycles. The van der Waals surface area contributed by atoms with Gasteiger partial charge in [0.25, 0.3) is 0 Å². The molecule has 0 spiro atoms. The highest BCUT2D eigenvalue weighted by atomic mass is 16.3. The van der Waals surface area contributed by atoms with Gasteiger partial charge in [-0.05, 0) is 37.5 Å². The maximum Gasteiger partial charge on any atom is 0.235 e. The molecule has 0 saturated heterocycles. The number of ketones is 3. The SMILES string of the molecule is CN(C)C1C(=O)C(C(N)=O)C(=O)C2(O)C(=O)c3c(cc4cccc(O)c4c3O)CC12. The van der Waals surface area contributed by atoms with E-state index in [1.54, 1.807) is 18.2 Å². The van der Waals surface area contributed by atoms with Crippen LogP contribution in [-0.4, -0.2) is 69.2 Å². The quantitative estimate of drug-likeness (QED) is 0.482. The molecular weight excluding hydrogens is 392 g/mol. The van der Waals surface area contributed by atoms with E-state index in [0.29, 0.717) is 10.9 Å². The molecule has 2 aromatic rings. The number of phenols is 2. The Labute approximate surface area is 170 Å². The molecule has 0 radical (unpaired) electrons. The number of carbonyl (C=O) groups excluding carboxylic acids is 4. The zero-order chi connectivity index (χ0) is 22.1. The number of fused-ring (bicyclic) bond motifs is 3. The van der Waals surface area contributed by atoms with Crippen LogP contribution >= 0.6 is 0 Å². The summed E-state index contributed by atoms with van der Waals surface area (Å²) in [5, 5.41) is 32.7. The van der Waals surface area contributed by atoms with E-state index in [0.717, 1.165) is 0 Å². The van der Waals surface area contributed by atoms with Crippen LogP contribution in [0.25, 0.3) is 10.8 Å². The van der Waals surface area contributed by atoms with Crippen LogP contribution in [0.1, 0.15) is 15.9 Å². The van der Waals surface area contributed by atoms with Crippen LogP contribution in [0, 0.1) is 11.8 Å². The third-order valence-electron chi connectivity index (χ3n) is 6.18. The van der Waals surface area contributed by atoms with E-state index >= 15 is 0 Å². The molecule has 0 aliphatic heterocycles. The van der Waals surface area contributed by atoms with Crippen LogP contribution in [-0.2, 0) is 20.8 Å². The normalized spacial score (nSPS) is 28.5. The molecule has 1 amide bonds. The van der Waals surface area contributed by atoms with Gasteiger partial charge in [-0.1, -0.05) is 18.2 Å².